The summed E-state index contributed by atoms with van der Waals surface area (Å²) in [6, 6.07) is 13.0. The minimum absolute atomic E-state index is 0.0727. The number of nitrogens with zero attached hydrogens (tertiary/aromatic N) is 2. The lowest BCUT2D eigenvalue weighted by atomic mass is 9.84. The van der Waals surface area contributed by atoms with E-state index in [-0.39, 0.29) is 23.4 Å². The van der Waals surface area contributed by atoms with Crippen LogP contribution in [-0.4, -0.2) is 15.5 Å². The van der Waals surface area contributed by atoms with Gasteiger partial charge in [0.25, 0.3) is 5.56 Å². The maximum Gasteiger partial charge on any atom is 0.416 e. The molecular weight excluding hydrogens is 439 g/mol. The molecule has 5 nitrogen and oxygen atoms in total. The number of carbonyl (C=O) groups excluding carboxylic acids is 1. The number of halogens is 3. The molecule has 0 spiro atoms. The number of alkyl halides is 3. The van der Waals surface area contributed by atoms with Crippen LogP contribution in [0.4, 0.5) is 19.0 Å². The molecule has 1 unspecified atom stereocenters. The maximum atomic E-state index is 13.6. The van der Waals surface area contributed by atoms with E-state index in [0.29, 0.717) is 10.9 Å². The van der Waals surface area contributed by atoms with Crippen LogP contribution in [0.2, 0.25) is 0 Å². The standard InChI is InChI=1S/C23H20F3N3O2S/c1-13-7-9-14(10-8-13)12-32-22-28-21(31)19-16(11-18(30)27-20(19)29(22)2)15-5-3-4-6-17(15)23(24,25)26/h3-10,16H,11-12H2,1-2H3,(H,27,30). The molecule has 0 saturated carbocycles. The molecule has 1 amide bonds. The fourth-order valence-corrected chi connectivity index (χ4v) is 4.74. The number of carbonyl (C=O) groups is 1. The SMILES string of the molecule is Cc1ccc(CSc2nc(=O)c3c(n2C)NC(=O)CC3c2ccccc2C(F)(F)F)cc1. The summed E-state index contributed by atoms with van der Waals surface area (Å²) in [6.45, 7) is 1.99. The monoisotopic (exact) mass is 459 g/mol. The van der Waals surface area contributed by atoms with Gasteiger partial charge in [0.1, 0.15) is 5.82 Å². The largest absolute Gasteiger partial charge is 0.416 e. The van der Waals surface area contributed by atoms with Gasteiger partial charge in [0, 0.05) is 25.1 Å². The van der Waals surface area contributed by atoms with E-state index in [9.17, 15) is 22.8 Å². The predicted molar refractivity (Wildman–Crippen MR) is 117 cm³/mol. The van der Waals surface area contributed by atoms with E-state index >= 15 is 0 Å². The molecule has 1 atom stereocenters. The van der Waals surface area contributed by atoms with Gasteiger partial charge in [-0.05, 0) is 24.1 Å². The molecule has 2 aromatic carbocycles. The van der Waals surface area contributed by atoms with Crippen molar-refractivity contribution in [1.82, 2.24) is 9.55 Å². The second kappa shape index (κ2) is 8.46. The third-order valence-corrected chi connectivity index (χ3v) is 6.53. The van der Waals surface area contributed by atoms with E-state index in [1.165, 1.54) is 30.0 Å². The van der Waals surface area contributed by atoms with Crippen LogP contribution in [-0.2, 0) is 23.8 Å². The number of thioether (sulfide) groups is 1. The van der Waals surface area contributed by atoms with Crippen LogP contribution < -0.4 is 10.9 Å². The van der Waals surface area contributed by atoms with Gasteiger partial charge in [-0.2, -0.15) is 18.2 Å². The van der Waals surface area contributed by atoms with Crippen LogP contribution in [0.15, 0.2) is 58.5 Å². The molecule has 1 aromatic heterocycles. The van der Waals surface area contributed by atoms with Crippen molar-refractivity contribution in [2.24, 2.45) is 7.05 Å². The first kappa shape index (κ1) is 22.1. The van der Waals surface area contributed by atoms with Gasteiger partial charge in [-0.1, -0.05) is 59.8 Å². The van der Waals surface area contributed by atoms with Crippen molar-refractivity contribution in [3.05, 3.63) is 86.7 Å². The Labute approximate surface area is 186 Å². The van der Waals surface area contributed by atoms with E-state index in [1.807, 2.05) is 31.2 Å². The fraction of sp³-hybridized carbons (Fsp3) is 0.261. The minimum Gasteiger partial charge on any atom is -0.312 e. The highest BCUT2D eigenvalue weighted by atomic mass is 32.2. The quantitative estimate of drug-likeness (QED) is 0.447. The lowest BCUT2D eigenvalue weighted by Crippen LogP contribution is -2.34. The molecule has 0 aliphatic carbocycles. The Morgan fingerprint density at radius 1 is 1.12 bits per heavy atom. The Bertz CT molecular complexity index is 1240. The molecule has 166 valence electrons. The zero-order valence-electron chi connectivity index (χ0n) is 17.4. The lowest BCUT2D eigenvalue weighted by molar-refractivity contribution is -0.138. The van der Waals surface area contributed by atoms with Crippen molar-refractivity contribution in [3.63, 3.8) is 0 Å². The molecule has 4 rings (SSSR count). The van der Waals surface area contributed by atoms with Gasteiger partial charge in [-0.25, -0.2) is 0 Å². The number of fused-ring (bicyclic) bond motifs is 1. The first-order valence-electron chi connectivity index (χ1n) is 9.90. The number of aryl methyl sites for hydroxylation is 1. The van der Waals surface area contributed by atoms with Crippen LogP contribution in [0.5, 0.6) is 0 Å². The average Bonchev–Trinajstić information content (AvgIpc) is 2.75. The molecule has 0 saturated heterocycles. The van der Waals surface area contributed by atoms with E-state index in [1.54, 1.807) is 11.6 Å². The Morgan fingerprint density at radius 3 is 2.50 bits per heavy atom. The van der Waals surface area contributed by atoms with E-state index in [2.05, 4.69) is 10.3 Å². The Kier molecular flexibility index (Phi) is 5.85. The van der Waals surface area contributed by atoms with Gasteiger partial charge in [-0.15, -0.1) is 0 Å². The number of hydrogen-bond donors (Lipinski definition) is 1. The van der Waals surface area contributed by atoms with Crippen molar-refractivity contribution in [3.8, 4) is 0 Å². The van der Waals surface area contributed by atoms with Crippen LogP contribution in [0.25, 0.3) is 0 Å². The smallest absolute Gasteiger partial charge is 0.312 e. The number of amides is 1. The number of anilines is 1. The van der Waals surface area contributed by atoms with E-state index in [0.717, 1.165) is 17.2 Å². The molecule has 9 heteroatoms. The van der Waals surface area contributed by atoms with Gasteiger partial charge in [0.2, 0.25) is 5.91 Å². The highest BCUT2D eigenvalue weighted by Crippen LogP contribution is 2.41. The Hall–Kier alpha value is -3.07. The summed E-state index contributed by atoms with van der Waals surface area (Å²) in [6.07, 6.45) is -4.86. The first-order chi connectivity index (χ1) is 15.1. The van der Waals surface area contributed by atoms with Crippen molar-refractivity contribution in [1.29, 1.82) is 0 Å². The van der Waals surface area contributed by atoms with Gasteiger partial charge in [-0.3, -0.25) is 9.59 Å². The zero-order chi connectivity index (χ0) is 23.0. The number of nitrogens with one attached hydrogen (secondary N) is 1. The molecule has 0 fully saturated rings. The Balaban J connectivity index is 1.76. The molecule has 32 heavy (non-hydrogen) atoms. The summed E-state index contributed by atoms with van der Waals surface area (Å²) in [4.78, 5) is 29.5. The maximum absolute atomic E-state index is 13.6. The summed E-state index contributed by atoms with van der Waals surface area (Å²) in [5, 5.41) is 3.04. The van der Waals surface area contributed by atoms with Crippen molar-refractivity contribution < 1.29 is 18.0 Å². The summed E-state index contributed by atoms with van der Waals surface area (Å²) in [7, 11) is 1.64. The number of rotatable bonds is 4. The molecule has 0 bridgehead atoms. The van der Waals surface area contributed by atoms with Gasteiger partial charge in [0.15, 0.2) is 5.16 Å². The molecular formula is C23H20F3N3O2S. The van der Waals surface area contributed by atoms with Crippen LogP contribution in [0, 0.1) is 6.92 Å². The summed E-state index contributed by atoms with van der Waals surface area (Å²) >= 11 is 1.32. The third-order valence-electron chi connectivity index (χ3n) is 5.43. The second-order valence-electron chi connectivity index (χ2n) is 7.68. The molecule has 1 N–H and O–H groups in total. The third kappa shape index (κ3) is 4.29. The van der Waals surface area contributed by atoms with Gasteiger partial charge >= 0.3 is 6.18 Å². The van der Waals surface area contributed by atoms with Crippen molar-refractivity contribution >= 4 is 23.5 Å². The van der Waals surface area contributed by atoms with Crippen molar-refractivity contribution in [2.45, 2.75) is 36.3 Å². The minimum atomic E-state index is -4.60. The Morgan fingerprint density at radius 2 is 1.81 bits per heavy atom. The topological polar surface area (TPSA) is 64.0 Å². The highest BCUT2D eigenvalue weighted by Gasteiger charge is 2.39. The van der Waals surface area contributed by atoms with E-state index < -0.39 is 29.1 Å². The zero-order valence-corrected chi connectivity index (χ0v) is 18.2. The lowest BCUT2D eigenvalue weighted by Gasteiger charge is -2.29. The summed E-state index contributed by atoms with van der Waals surface area (Å²) < 4.78 is 42.4. The van der Waals surface area contributed by atoms with Crippen LogP contribution in [0.3, 0.4) is 0 Å². The van der Waals surface area contributed by atoms with Crippen molar-refractivity contribution in [2.75, 3.05) is 5.32 Å². The second-order valence-corrected chi connectivity index (χ2v) is 8.63. The number of hydrogen-bond acceptors (Lipinski definition) is 4. The fourth-order valence-electron chi connectivity index (χ4n) is 3.82. The number of aromatic nitrogens is 2. The predicted octanol–water partition coefficient (Wildman–Crippen LogP) is 4.87. The average molecular weight is 459 g/mol. The molecule has 2 heterocycles. The molecule has 1 aliphatic heterocycles. The number of benzene rings is 2. The molecule has 1 aliphatic rings. The van der Waals surface area contributed by atoms with Gasteiger partial charge in [0.05, 0.1) is 11.1 Å². The summed E-state index contributed by atoms with van der Waals surface area (Å²) in [5.41, 5.74) is 0.648. The summed E-state index contributed by atoms with van der Waals surface area (Å²) in [5.74, 6) is -0.739. The van der Waals surface area contributed by atoms with Crippen LogP contribution in [0.1, 0.15) is 40.2 Å². The van der Waals surface area contributed by atoms with Crippen LogP contribution >= 0.6 is 11.8 Å². The molecule has 3 aromatic rings. The normalized spacial score (nSPS) is 15.9. The first-order valence-corrected chi connectivity index (χ1v) is 10.9. The molecule has 0 radical (unpaired) electrons. The van der Waals surface area contributed by atoms with E-state index in [4.69, 9.17) is 0 Å². The highest BCUT2D eigenvalue weighted by molar-refractivity contribution is 7.98. The van der Waals surface area contributed by atoms with Gasteiger partial charge < -0.3 is 9.88 Å².